The van der Waals surface area contributed by atoms with Crippen molar-refractivity contribution in [2.24, 2.45) is 5.92 Å². The molecule has 1 aromatic carbocycles. The Morgan fingerprint density at radius 2 is 2.03 bits per heavy atom. The zero-order valence-corrected chi connectivity index (χ0v) is 23.2. The van der Waals surface area contributed by atoms with Crippen molar-refractivity contribution in [2.75, 3.05) is 18.4 Å². The maximum absolute atomic E-state index is 13.9. The third-order valence-corrected chi connectivity index (χ3v) is 7.86. The largest absolute Gasteiger partial charge is 0.342 e. The van der Waals surface area contributed by atoms with Gasteiger partial charge in [-0.3, -0.25) is 4.79 Å². The molecule has 0 radical (unpaired) electrons. The number of aromatic nitrogens is 2. The van der Waals surface area contributed by atoms with Crippen LogP contribution in [0.15, 0.2) is 46.9 Å². The van der Waals surface area contributed by atoms with Gasteiger partial charge in [-0.25, -0.2) is 14.4 Å². The van der Waals surface area contributed by atoms with Gasteiger partial charge in [-0.2, -0.15) is 0 Å². The minimum Gasteiger partial charge on any atom is -0.342 e. The average molecular weight is 511 g/mol. The number of hydrogen-bond acceptors (Lipinski definition) is 5. The predicted molar refractivity (Wildman–Crippen MR) is 150 cm³/mol. The summed E-state index contributed by atoms with van der Waals surface area (Å²) >= 11 is 1.76. The van der Waals surface area contributed by atoms with E-state index in [4.69, 9.17) is 9.97 Å². The van der Waals surface area contributed by atoms with E-state index in [9.17, 15) is 9.18 Å². The molecule has 1 aromatic heterocycles. The van der Waals surface area contributed by atoms with Crippen molar-refractivity contribution < 1.29 is 9.18 Å². The zero-order valence-electron chi connectivity index (χ0n) is 22.4. The van der Waals surface area contributed by atoms with Crippen molar-refractivity contribution in [1.82, 2.24) is 14.9 Å². The van der Waals surface area contributed by atoms with Crippen LogP contribution in [0.4, 0.5) is 15.9 Å². The minimum absolute atomic E-state index is 0.0569. The van der Waals surface area contributed by atoms with E-state index in [1.54, 1.807) is 17.8 Å². The van der Waals surface area contributed by atoms with Gasteiger partial charge in [0.2, 0.25) is 5.91 Å². The lowest BCUT2D eigenvalue weighted by Gasteiger charge is -2.32. The number of carbonyl (C=O) groups excluding carboxylic acids is 1. The minimum atomic E-state index is -0.303. The molecule has 3 rings (SSSR count). The van der Waals surface area contributed by atoms with Crippen molar-refractivity contribution in [3.05, 3.63) is 64.2 Å². The molecule has 7 heteroatoms. The summed E-state index contributed by atoms with van der Waals surface area (Å²) in [6.45, 7) is 14.1. The number of likely N-dealkylation sites (tertiary alicyclic amines) is 1. The van der Waals surface area contributed by atoms with Crippen LogP contribution in [0, 0.1) is 11.7 Å². The summed E-state index contributed by atoms with van der Waals surface area (Å²) in [4.78, 5) is 26.7. The quantitative estimate of drug-likeness (QED) is 0.371. The first-order valence-electron chi connectivity index (χ1n) is 13.0. The van der Waals surface area contributed by atoms with Crippen LogP contribution in [-0.2, 0) is 4.79 Å². The molecule has 1 amide bonds. The van der Waals surface area contributed by atoms with Crippen molar-refractivity contribution in [2.45, 2.75) is 73.1 Å². The molecule has 1 aliphatic rings. The Bertz CT molecular complexity index is 1120. The molecule has 1 fully saturated rings. The molecule has 1 aliphatic heterocycles. The van der Waals surface area contributed by atoms with Crippen molar-refractivity contribution >= 4 is 34.1 Å². The number of halogens is 1. The third-order valence-electron chi connectivity index (χ3n) is 6.16. The van der Waals surface area contributed by atoms with Crippen LogP contribution in [-0.4, -0.2) is 33.9 Å². The fourth-order valence-electron chi connectivity index (χ4n) is 4.31. The van der Waals surface area contributed by atoms with Gasteiger partial charge in [0.1, 0.15) is 17.5 Å². The molecule has 1 atom stereocenters. The van der Waals surface area contributed by atoms with E-state index in [1.165, 1.54) is 22.6 Å². The van der Waals surface area contributed by atoms with Crippen LogP contribution < -0.4 is 5.32 Å². The van der Waals surface area contributed by atoms with Crippen LogP contribution in [0.3, 0.4) is 0 Å². The summed E-state index contributed by atoms with van der Waals surface area (Å²) in [5, 5.41) is 3.29. The molecule has 1 unspecified atom stereocenters. The van der Waals surface area contributed by atoms with Gasteiger partial charge >= 0.3 is 0 Å². The molecule has 5 nitrogen and oxygen atoms in total. The Kier molecular flexibility index (Phi) is 10.1. The second-order valence-electron chi connectivity index (χ2n) is 9.77. The first-order chi connectivity index (χ1) is 17.2. The van der Waals surface area contributed by atoms with E-state index in [-0.39, 0.29) is 17.6 Å². The van der Waals surface area contributed by atoms with E-state index < -0.39 is 0 Å². The Morgan fingerprint density at radius 3 is 2.67 bits per heavy atom. The summed E-state index contributed by atoms with van der Waals surface area (Å²) < 4.78 is 13.9. The maximum atomic E-state index is 13.9. The van der Waals surface area contributed by atoms with E-state index in [0.29, 0.717) is 30.4 Å². The third kappa shape index (κ3) is 7.42. The fourth-order valence-corrected chi connectivity index (χ4v) is 5.44. The molecule has 0 saturated carbocycles. The number of hydrogen-bond donors (Lipinski definition) is 1. The number of benzene rings is 1. The monoisotopic (exact) mass is 510 g/mol. The smallest absolute Gasteiger partial charge is 0.222 e. The molecule has 0 bridgehead atoms. The fraction of sp³-hybridized carbons (Fsp3) is 0.483. The first kappa shape index (κ1) is 27.9. The lowest BCUT2D eigenvalue weighted by Crippen LogP contribution is -2.39. The Balaban J connectivity index is 2.05. The van der Waals surface area contributed by atoms with Gasteiger partial charge in [-0.05, 0) is 62.1 Å². The number of nitrogens with one attached hydrogen (secondary N) is 1. The Hall–Kier alpha value is -2.67. The highest BCUT2D eigenvalue weighted by Gasteiger charge is 2.27. The normalized spacial score (nSPS) is 16.3. The molecular formula is C29H39FN4OS. The average Bonchev–Trinajstić information content (AvgIpc) is 2.85. The van der Waals surface area contributed by atoms with Gasteiger partial charge in [-0.15, -0.1) is 0 Å². The van der Waals surface area contributed by atoms with Crippen molar-refractivity contribution in [3.8, 4) is 0 Å². The zero-order chi connectivity index (χ0) is 26.2. The van der Waals surface area contributed by atoms with Gasteiger partial charge < -0.3 is 10.2 Å². The van der Waals surface area contributed by atoms with Gasteiger partial charge in [0, 0.05) is 42.1 Å². The van der Waals surface area contributed by atoms with Gasteiger partial charge in [0.25, 0.3) is 0 Å². The summed E-state index contributed by atoms with van der Waals surface area (Å²) in [6.07, 6.45) is 5.61. The topological polar surface area (TPSA) is 58.1 Å². The molecule has 2 heterocycles. The van der Waals surface area contributed by atoms with Gasteiger partial charge in [-0.1, -0.05) is 57.2 Å². The van der Waals surface area contributed by atoms with Crippen molar-refractivity contribution in [1.29, 1.82) is 0 Å². The number of thioether (sulfide) groups is 1. The van der Waals surface area contributed by atoms with Crippen LogP contribution in [0.5, 0.6) is 0 Å². The van der Waals surface area contributed by atoms with Gasteiger partial charge in [0.15, 0.2) is 0 Å². The molecule has 2 aromatic rings. The van der Waals surface area contributed by atoms with E-state index in [1.807, 2.05) is 24.0 Å². The van der Waals surface area contributed by atoms with Gasteiger partial charge in [0.05, 0.1) is 5.69 Å². The summed E-state index contributed by atoms with van der Waals surface area (Å²) in [7, 11) is 0. The number of anilines is 2. The lowest BCUT2D eigenvalue weighted by molar-refractivity contribution is -0.132. The van der Waals surface area contributed by atoms with Crippen molar-refractivity contribution in [3.63, 3.8) is 0 Å². The standard InChI is InChI=1S/C29H39FN4OS/c1-7-11-25(19(3)4)36-28(20(5)6)24-17-26(31-23-14-9-13-22(30)16-23)33-29(32-24)21-12-10-15-34(18-21)27(35)8-2/h9,11,13-14,16-17,19,21H,7-8,10,12,15,18H2,1-6H3,(H,31,32,33)/b25-11+. The van der Waals surface area contributed by atoms with E-state index in [0.717, 1.165) is 42.2 Å². The number of allylic oxidation sites excluding steroid dienone is 3. The number of piperidine rings is 1. The molecule has 0 spiro atoms. The predicted octanol–water partition coefficient (Wildman–Crippen LogP) is 7.91. The second kappa shape index (κ2) is 13.0. The number of carbonyl (C=O) groups is 1. The van der Waals surface area contributed by atoms with Crippen LogP contribution in [0.2, 0.25) is 0 Å². The number of nitrogens with zero attached hydrogens (tertiary/aromatic N) is 3. The van der Waals surface area contributed by atoms with E-state index in [2.05, 4.69) is 46.0 Å². The molecule has 0 aliphatic carbocycles. The Labute approximate surface area is 219 Å². The second-order valence-corrected chi connectivity index (χ2v) is 10.8. The SMILES string of the molecule is CC/C=C(/SC(=C(C)C)c1cc(Nc2cccc(F)c2)nc(C2CCCN(C(=O)CC)C2)n1)C(C)C. The highest BCUT2D eigenvalue weighted by Crippen LogP contribution is 2.40. The molecular weight excluding hydrogens is 471 g/mol. The molecule has 36 heavy (non-hydrogen) atoms. The highest BCUT2D eigenvalue weighted by atomic mass is 32.2. The molecule has 1 N–H and O–H groups in total. The molecule has 1 saturated heterocycles. The summed E-state index contributed by atoms with van der Waals surface area (Å²) in [6, 6.07) is 8.34. The molecule has 194 valence electrons. The van der Waals surface area contributed by atoms with E-state index >= 15 is 0 Å². The number of amides is 1. The van der Waals surface area contributed by atoms with Crippen LogP contribution in [0.1, 0.15) is 84.7 Å². The summed E-state index contributed by atoms with van der Waals surface area (Å²) in [5.74, 6) is 1.68. The van der Waals surface area contributed by atoms with Crippen LogP contribution in [0.25, 0.3) is 4.91 Å². The highest BCUT2D eigenvalue weighted by molar-refractivity contribution is 8.11. The Morgan fingerprint density at radius 1 is 1.25 bits per heavy atom. The number of rotatable bonds is 9. The lowest BCUT2D eigenvalue weighted by atomic mass is 9.96. The van der Waals surface area contributed by atoms with Crippen LogP contribution >= 0.6 is 11.8 Å². The summed E-state index contributed by atoms with van der Waals surface area (Å²) in [5.41, 5.74) is 2.66. The maximum Gasteiger partial charge on any atom is 0.222 e. The first-order valence-corrected chi connectivity index (χ1v) is 13.8.